The van der Waals surface area contributed by atoms with E-state index in [1.165, 1.54) is 222 Å². The Morgan fingerprint density at radius 2 is 0.481 bits per heavy atom. The molecule has 416 valence electrons. The molecule has 77 heavy (non-hydrogen) atoms. The van der Waals surface area contributed by atoms with Gasteiger partial charge in [-0.25, -0.2) is 0 Å². The number of hydrogen-bond donors (Lipinski definition) is 0. The SMILES string of the molecule is CC(C)Cc1ccc(-c2ccc(-c3ccc(-c4ccc(CCCCCCCCCCC[Si](C)(C)O[Si](C)(C)CCCCCCCCCCCc5ccc(-c6ccc(-c7ccc(-c8ccc(CC(C)C)s8)s7)s6)s5)s4)s3)s2)s1. The van der Waals surface area contributed by atoms with Crippen molar-refractivity contribution in [2.24, 2.45) is 11.8 Å². The van der Waals surface area contributed by atoms with E-state index in [-0.39, 0.29) is 0 Å². The lowest BCUT2D eigenvalue weighted by Crippen LogP contribution is -2.44. The van der Waals surface area contributed by atoms with Gasteiger partial charge in [0, 0.05) is 78.0 Å². The average Bonchev–Trinajstić information content (AvgIpc) is 4.24. The topological polar surface area (TPSA) is 9.23 Å². The van der Waals surface area contributed by atoms with Crippen LogP contribution in [0, 0.1) is 11.8 Å². The van der Waals surface area contributed by atoms with E-state index in [1.54, 1.807) is 9.75 Å². The molecule has 0 aromatic carbocycles. The van der Waals surface area contributed by atoms with E-state index >= 15 is 0 Å². The summed E-state index contributed by atoms with van der Waals surface area (Å²) in [6.45, 7) is 19.2. The molecule has 0 radical (unpaired) electrons. The predicted octanol–water partition coefficient (Wildman–Crippen LogP) is 25.8. The van der Waals surface area contributed by atoms with Crippen LogP contribution in [0.5, 0.6) is 0 Å². The molecule has 0 fully saturated rings. The van der Waals surface area contributed by atoms with Crippen LogP contribution in [-0.4, -0.2) is 16.6 Å². The van der Waals surface area contributed by atoms with Crippen LogP contribution >= 0.6 is 90.7 Å². The van der Waals surface area contributed by atoms with Gasteiger partial charge in [-0.15, -0.1) is 90.7 Å². The van der Waals surface area contributed by atoms with Crippen molar-refractivity contribution in [3.63, 3.8) is 0 Å². The molecule has 8 aromatic rings. The third-order valence-electron chi connectivity index (χ3n) is 14.7. The van der Waals surface area contributed by atoms with Gasteiger partial charge in [-0.1, -0.05) is 130 Å². The van der Waals surface area contributed by atoms with Crippen molar-refractivity contribution in [3.05, 3.63) is 117 Å². The lowest BCUT2D eigenvalue weighted by atomic mass is 10.1. The third kappa shape index (κ3) is 20.1. The van der Waals surface area contributed by atoms with E-state index in [1.807, 2.05) is 90.7 Å². The number of rotatable bonds is 36. The number of thiophene rings is 8. The molecule has 8 rings (SSSR count). The molecule has 0 aliphatic heterocycles. The van der Waals surface area contributed by atoms with Gasteiger partial charge in [-0.05, 0) is 186 Å². The summed E-state index contributed by atoms with van der Waals surface area (Å²) in [6, 6.07) is 40.0. The van der Waals surface area contributed by atoms with E-state index in [0.29, 0.717) is 11.8 Å². The minimum absolute atomic E-state index is 0.705. The Morgan fingerprint density at radius 3 is 0.753 bits per heavy atom. The van der Waals surface area contributed by atoms with Gasteiger partial charge >= 0.3 is 0 Å². The molecule has 0 aliphatic carbocycles. The summed E-state index contributed by atoms with van der Waals surface area (Å²) < 4.78 is 7.06. The lowest BCUT2D eigenvalue weighted by Gasteiger charge is -2.34. The van der Waals surface area contributed by atoms with Crippen molar-refractivity contribution in [2.45, 2.75) is 207 Å². The summed E-state index contributed by atoms with van der Waals surface area (Å²) >= 11 is 15.7. The number of hydrogen-bond acceptors (Lipinski definition) is 9. The molecule has 0 saturated heterocycles. The zero-order valence-electron chi connectivity index (χ0n) is 48.0. The largest absolute Gasteiger partial charge is 0.455 e. The Kier molecular flexibility index (Phi) is 24.5. The molecule has 1 nitrogen and oxygen atoms in total. The Balaban J connectivity index is 0.591. The Bertz CT molecular complexity index is 2720. The van der Waals surface area contributed by atoms with Crippen LogP contribution in [-0.2, 0) is 29.8 Å². The molecule has 0 spiro atoms. The first-order valence-corrected chi connectivity index (χ1v) is 42.5. The Hall–Kier alpha value is -2.01. The quantitative estimate of drug-likeness (QED) is 0.0281. The molecule has 0 atom stereocenters. The minimum atomic E-state index is -1.59. The van der Waals surface area contributed by atoms with Crippen molar-refractivity contribution >= 4 is 107 Å². The first-order valence-electron chi connectivity index (χ1n) is 29.7. The van der Waals surface area contributed by atoms with Gasteiger partial charge in [0.2, 0.25) is 0 Å². The van der Waals surface area contributed by atoms with Crippen molar-refractivity contribution in [1.82, 2.24) is 0 Å². The fraction of sp³-hybridized carbons (Fsp3) is 0.515. The van der Waals surface area contributed by atoms with E-state index in [2.05, 4.69) is 151 Å². The summed E-state index contributed by atoms with van der Waals surface area (Å²) in [7, 11) is -3.18. The molecule has 8 heterocycles. The van der Waals surface area contributed by atoms with Crippen LogP contribution in [0.15, 0.2) is 97.1 Å². The fourth-order valence-corrected chi connectivity index (χ4v) is 28.9. The first kappa shape index (κ1) is 61.1. The minimum Gasteiger partial charge on any atom is -0.455 e. The molecule has 0 N–H and O–H groups in total. The predicted molar refractivity (Wildman–Crippen MR) is 362 cm³/mol. The van der Waals surface area contributed by atoms with E-state index < -0.39 is 16.6 Å². The number of unbranched alkanes of at least 4 members (excludes halogenated alkanes) is 16. The summed E-state index contributed by atoms with van der Waals surface area (Å²) in [5, 5.41) is 0. The van der Waals surface area contributed by atoms with E-state index in [9.17, 15) is 0 Å². The van der Waals surface area contributed by atoms with Crippen LogP contribution in [0.4, 0.5) is 0 Å². The molecule has 0 unspecified atom stereocenters. The summed E-state index contributed by atoms with van der Waals surface area (Å²) in [6.07, 6.45) is 29.7. The highest BCUT2D eigenvalue weighted by atomic mass is 32.1. The van der Waals surface area contributed by atoms with Gasteiger partial charge in [0.1, 0.15) is 0 Å². The first-order chi connectivity index (χ1) is 37.2. The van der Waals surface area contributed by atoms with Gasteiger partial charge in [0.15, 0.2) is 16.6 Å². The van der Waals surface area contributed by atoms with Gasteiger partial charge < -0.3 is 4.12 Å². The van der Waals surface area contributed by atoms with Crippen molar-refractivity contribution in [1.29, 1.82) is 0 Å². The summed E-state index contributed by atoms with van der Waals surface area (Å²) in [5.74, 6) is 1.41. The van der Waals surface area contributed by atoms with Crippen LogP contribution in [0.1, 0.15) is 163 Å². The lowest BCUT2D eigenvalue weighted by molar-refractivity contribution is 0.515. The van der Waals surface area contributed by atoms with Crippen LogP contribution in [0.2, 0.25) is 38.3 Å². The number of aryl methyl sites for hydroxylation is 2. The average molecular weight is 1210 g/mol. The molecule has 11 heteroatoms. The van der Waals surface area contributed by atoms with Gasteiger partial charge in [-0.3, -0.25) is 0 Å². The Labute approximate surface area is 500 Å². The zero-order valence-corrected chi connectivity index (χ0v) is 56.6. The highest BCUT2D eigenvalue weighted by Gasteiger charge is 2.32. The second-order valence-electron chi connectivity index (χ2n) is 23.9. The van der Waals surface area contributed by atoms with Crippen LogP contribution in [0.25, 0.3) is 58.5 Å². The van der Waals surface area contributed by atoms with Gasteiger partial charge in [-0.2, -0.15) is 0 Å². The van der Waals surface area contributed by atoms with E-state index in [0.717, 1.165) is 0 Å². The normalized spacial score (nSPS) is 12.4. The maximum atomic E-state index is 7.06. The van der Waals surface area contributed by atoms with Crippen molar-refractivity contribution in [3.8, 4) is 58.5 Å². The molecule has 8 aromatic heterocycles. The standard InChI is InChI=1S/C66H90OS8Si2/c1-49(2)47-53-31-35-57(70-53)61-39-43-65(74-61)63-41-37-59(72-63)55-33-29-51(68-55)27-23-19-15-11-9-13-17-21-25-45-76(5,6)67-77(7,8)46-26-22-18-14-10-12-16-20-24-28-52-30-34-56(69-52)60-38-42-64(73-60)66-44-40-62(75-66)58-36-32-54(71-58)48-50(3)4/h29-44,49-50H,9-28,45-48H2,1-8H3. The third-order valence-corrected chi connectivity index (χ3v) is 32.3. The molecular weight excluding hydrogens is 1120 g/mol. The second-order valence-corrected chi connectivity index (χ2v) is 41.8. The van der Waals surface area contributed by atoms with Gasteiger partial charge in [0.25, 0.3) is 0 Å². The maximum Gasteiger partial charge on any atom is 0.173 e. The van der Waals surface area contributed by atoms with Crippen LogP contribution in [0.3, 0.4) is 0 Å². The zero-order chi connectivity index (χ0) is 54.0. The summed E-state index contributed by atoms with van der Waals surface area (Å²) in [4.78, 5) is 22.9. The second kappa shape index (κ2) is 30.9. The van der Waals surface area contributed by atoms with E-state index in [4.69, 9.17) is 4.12 Å². The monoisotopic (exact) mass is 1210 g/mol. The smallest absolute Gasteiger partial charge is 0.173 e. The fourth-order valence-electron chi connectivity index (χ4n) is 10.8. The van der Waals surface area contributed by atoms with Crippen molar-refractivity contribution < 1.29 is 4.12 Å². The van der Waals surface area contributed by atoms with Crippen LogP contribution < -0.4 is 0 Å². The maximum absolute atomic E-state index is 7.06. The van der Waals surface area contributed by atoms with Gasteiger partial charge in [0.05, 0.1) is 0 Å². The molecule has 0 saturated carbocycles. The highest BCUT2D eigenvalue weighted by molar-refractivity contribution is 7.29. The highest BCUT2D eigenvalue weighted by Crippen LogP contribution is 2.45. The molecule has 0 aliphatic rings. The molecule has 0 bridgehead atoms. The molecule has 0 amide bonds. The summed E-state index contributed by atoms with van der Waals surface area (Å²) in [5.41, 5.74) is 0. The Morgan fingerprint density at radius 1 is 0.273 bits per heavy atom. The molecular formula is C66H90OS8Si2. The van der Waals surface area contributed by atoms with Crippen molar-refractivity contribution in [2.75, 3.05) is 0 Å².